The molecule has 0 spiro atoms. The predicted octanol–water partition coefficient (Wildman–Crippen LogP) is 8.79. The number of hydrogen-bond acceptors (Lipinski definition) is 1. The van der Waals surface area contributed by atoms with E-state index in [-0.39, 0.29) is 12.1 Å². The third-order valence-electron chi connectivity index (χ3n) is 6.40. The largest absolute Gasteiger partial charge is 0.429 e. The first-order valence-electron chi connectivity index (χ1n) is 11.3. The summed E-state index contributed by atoms with van der Waals surface area (Å²) in [6.45, 7) is 2.17. The van der Waals surface area contributed by atoms with E-state index >= 15 is 0 Å². The molecule has 0 atom stereocenters. The molecule has 0 unspecified atom stereocenters. The van der Waals surface area contributed by atoms with Crippen LogP contribution in [0.25, 0.3) is 0 Å². The van der Waals surface area contributed by atoms with Crippen LogP contribution in [0.1, 0.15) is 68.6 Å². The summed E-state index contributed by atoms with van der Waals surface area (Å²) in [7, 11) is 0. The molecule has 0 saturated heterocycles. The second kappa shape index (κ2) is 10.5. The zero-order chi connectivity index (χ0) is 25.1. The lowest BCUT2D eigenvalue weighted by molar-refractivity contribution is -0.187. The Morgan fingerprint density at radius 2 is 1.35 bits per heavy atom. The van der Waals surface area contributed by atoms with E-state index in [2.05, 4.69) is 11.7 Å². The molecule has 2 aromatic rings. The molecule has 188 valence electrons. The van der Waals surface area contributed by atoms with Gasteiger partial charge in [-0.1, -0.05) is 51.5 Å². The molecule has 1 aliphatic rings. The average Bonchev–Trinajstić information content (AvgIpc) is 2.71. The Hall–Kier alpha value is -2.32. The maximum absolute atomic E-state index is 14.5. The van der Waals surface area contributed by atoms with E-state index in [0.717, 1.165) is 43.7 Å². The Kier molecular flexibility index (Phi) is 8.14. The molecule has 0 aliphatic heterocycles. The van der Waals surface area contributed by atoms with Gasteiger partial charge in [-0.25, -0.2) is 13.2 Å². The van der Waals surface area contributed by atoms with E-state index in [1.165, 1.54) is 25.3 Å². The van der Waals surface area contributed by atoms with Gasteiger partial charge in [0.1, 0.15) is 28.8 Å². The van der Waals surface area contributed by atoms with Crippen molar-refractivity contribution in [2.75, 3.05) is 0 Å². The molecular weight excluding hydrogens is 468 g/mol. The van der Waals surface area contributed by atoms with E-state index in [1.807, 2.05) is 0 Å². The minimum atomic E-state index is -5.36. The van der Waals surface area contributed by atoms with Crippen molar-refractivity contribution < 1.29 is 39.9 Å². The Labute approximate surface area is 193 Å². The quantitative estimate of drug-likeness (QED) is 0.333. The van der Waals surface area contributed by atoms with Gasteiger partial charge in [0.2, 0.25) is 0 Å². The molecule has 1 aliphatic carbocycles. The second-order valence-electron chi connectivity index (χ2n) is 8.91. The zero-order valence-corrected chi connectivity index (χ0v) is 18.6. The molecule has 1 saturated carbocycles. The van der Waals surface area contributed by atoms with E-state index in [1.54, 1.807) is 0 Å². The van der Waals surface area contributed by atoms with Crippen LogP contribution in [0.15, 0.2) is 30.3 Å². The van der Waals surface area contributed by atoms with E-state index in [4.69, 9.17) is 0 Å². The monoisotopic (exact) mass is 494 g/mol. The molecule has 0 radical (unpaired) electrons. The van der Waals surface area contributed by atoms with Gasteiger partial charge in [-0.3, -0.25) is 0 Å². The van der Waals surface area contributed by atoms with Gasteiger partial charge in [0.05, 0.1) is 5.56 Å². The molecule has 2 aromatic carbocycles. The summed E-state index contributed by atoms with van der Waals surface area (Å²) < 4.78 is 113. The Morgan fingerprint density at radius 3 is 1.85 bits per heavy atom. The van der Waals surface area contributed by atoms with Crippen molar-refractivity contribution >= 4 is 0 Å². The van der Waals surface area contributed by atoms with Crippen molar-refractivity contribution in [2.24, 2.45) is 11.8 Å². The summed E-state index contributed by atoms with van der Waals surface area (Å²) in [5, 5.41) is 0. The second-order valence-corrected chi connectivity index (χ2v) is 8.91. The zero-order valence-electron chi connectivity index (χ0n) is 18.6. The van der Waals surface area contributed by atoms with Gasteiger partial charge in [0.25, 0.3) is 0 Å². The minimum absolute atomic E-state index is 0.0126. The van der Waals surface area contributed by atoms with Gasteiger partial charge in [0.15, 0.2) is 0 Å². The fourth-order valence-electron chi connectivity index (χ4n) is 4.62. The number of alkyl halides is 5. The molecule has 34 heavy (non-hydrogen) atoms. The fourth-order valence-corrected chi connectivity index (χ4v) is 4.62. The van der Waals surface area contributed by atoms with Crippen LogP contribution >= 0.6 is 0 Å². The van der Waals surface area contributed by atoms with Gasteiger partial charge in [-0.05, 0) is 42.4 Å². The van der Waals surface area contributed by atoms with Gasteiger partial charge in [-0.15, -0.1) is 0 Å². The van der Waals surface area contributed by atoms with E-state index in [0.29, 0.717) is 17.9 Å². The number of hydrogen-bond donors (Lipinski definition) is 0. The fraction of sp³-hybridized carbons (Fsp3) is 0.520. The number of aryl methyl sites for hydroxylation is 1. The SMILES string of the molecule is CCCC1CCC(CCc2ccc(C(F)(F)Oc3cc(F)c(C(F)(F)F)c(F)c3)c(F)c2)CC1. The summed E-state index contributed by atoms with van der Waals surface area (Å²) in [5.74, 6) is -5.44. The smallest absolute Gasteiger partial charge is 0.429 e. The molecule has 0 bridgehead atoms. The molecule has 0 amide bonds. The number of ether oxygens (including phenoxy) is 1. The topological polar surface area (TPSA) is 9.23 Å². The van der Waals surface area contributed by atoms with Gasteiger partial charge >= 0.3 is 12.3 Å². The summed E-state index contributed by atoms with van der Waals surface area (Å²) in [5.41, 5.74) is -2.88. The Morgan fingerprint density at radius 1 is 0.794 bits per heavy atom. The van der Waals surface area contributed by atoms with Crippen LogP contribution in [-0.2, 0) is 18.7 Å². The van der Waals surface area contributed by atoms with Crippen molar-refractivity contribution in [3.05, 3.63) is 64.5 Å². The highest BCUT2D eigenvalue weighted by Crippen LogP contribution is 2.39. The van der Waals surface area contributed by atoms with Crippen molar-refractivity contribution in [1.29, 1.82) is 0 Å². The minimum Gasteiger partial charge on any atom is -0.429 e. The van der Waals surface area contributed by atoms with Gasteiger partial charge in [-0.2, -0.15) is 22.0 Å². The number of halogens is 8. The maximum atomic E-state index is 14.5. The van der Waals surface area contributed by atoms with Crippen LogP contribution in [0.4, 0.5) is 35.1 Å². The normalized spacial score (nSPS) is 19.3. The molecule has 0 N–H and O–H groups in total. The highest BCUT2D eigenvalue weighted by molar-refractivity contribution is 5.34. The van der Waals surface area contributed by atoms with Crippen LogP contribution in [0, 0.1) is 29.3 Å². The Bertz CT molecular complexity index is 954. The molecular formula is C25H26F8O. The van der Waals surface area contributed by atoms with Crippen LogP contribution < -0.4 is 4.74 Å². The average molecular weight is 494 g/mol. The Balaban J connectivity index is 1.66. The van der Waals surface area contributed by atoms with E-state index in [9.17, 15) is 35.1 Å². The first-order chi connectivity index (χ1) is 15.9. The third kappa shape index (κ3) is 6.42. The predicted molar refractivity (Wildman–Crippen MR) is 111 cm³/mol. The summed E-state index contributed by atoms with van der Waals surface area (Å²) in [4.78, 5) is 0. The van der Waals surface area contributed by atoms with Crippen LogP contribution in [0.3, 0.4) is 0 Å². The van der Waals surface area contributed by atoms with Crippen LogP contribution in [0.2, 0.25) is 0 Å². The highest BCUT2D eigenvalue weighted by atomic mass is 19.4. The number of rotatable bonds is 8. The molecule has 0 aromatic heterocycles. The molecule has 1 fully saturated rings. The highest BCUT2D eigenvalue weighted by Gasteiger charge is 2.41. The summed E-state index contributed by atoms with van der Waals surface area (Å²) >= 11 is 0. The van der Waals surface area contributed by atoms with E-state index < -0.39 is 46.6 Å². The lowest BCUT2D eigenvalue weighted by Gasteiger charge is -2.28. The van der Waals surface area contributed by atoms with Crippen molar-refractivity contribution in [1.82, 2.24) is 0 Å². The van der Waals surface area contributed by atoms with Crippen LogP contribution in [0.5, 0.6) is 5.75 Å². The molecule has 0 heterocycles. The molecule has 1 nitrogen and oxygen atoms in total. The standard InChI is InChI=1S/C25H26F8O/c1-2-3-15-4-6-16(7-5-15)8-9-17-10-11-19(20(26)12-17)25(32,33)34-18-13-21(27)23(22(28)14-18)24(29,30)31/h10-16H,2-9H2,1H3. The van der Waals surface area contributed by atoms with Crippen molar-refractivity contribution in [2.45, 2.75) is 70.6 Å². The summed E-state index contributed by atoms with van der Waals surface area (Å²) in [6.07, 6.45) is -1.48. The number of benzene rings is 2. The third-order valence-corrected chi connectivity index (χ3v) is 6.40. The maximum Gasteiger partial charge on any atom is 0.429 e. The van der Waals surface area contributed by atoms with Gasteiger partial charge in [0, 0.05) is 12.1 Å². The lowest BCUT2D eigenvalue weighted by atomic mass is 9.78. The first kappa shape index (κ1) is 26.3. The van der Waals surface area contributed by atoms with Gasteiger partial charge < -0.3 is 4.74 Å². The van der Waals surface area contributed by atoms with Crippen LogP contribution in [-0.4, -0.2) is 0 Å². The van der Waals surface area contributed by atoms with Crippen molar-refractivity contribution in [3.63, 3.8) is 0 Å². The lowest BCUT2D eigenvalue weighted by Crippen LogP contribution is -2.24. The van der Waals surface area contributed by atoms with Crippen molar-refractivity contribution in [3.8, 4) is 5.75 Å². The molecule has 9 heteroatoms. The summed E-state index contributed by atoms with van der Waals surface area (Å²) in [6, 6.07) is 3.08. The molecule has 3 rings (SSSR count). The first-order valence-corrected chi connectivity index (χ1v) is 11.3.